The standard InChI is InChI=1S/C14H6Br2F3NO3S/c15-6-3-7(17)5-8(4-6)23-9-1-2-10-11(12(9)16)13(20)14(18,19)24(10,21)22/h1-5,20H. The van der Waals surface area contributed by atoms with E-state index < -0.39 is 37.1 Å². The van der Waals surface area contributed by atoms with Crippen molar-refractivity contribution < 1.29 is 26.3 Å². The van der Waals surface area contributed by atoms with Crippen LogP contribution in [0.25, 0.3) is 0 Å². The number of fused-ring (bicyclic) bond motifs is 1. The molecule has 0 saturated carbocycles. The molecule has 126 valence electrons. The molecule has 2 aromatic carbocycles. The summed E-state index contributed by atoms with van der Waals surface area (Å²) in [6.45, 7) is 0. The fourth-order valence-corrected chi connectivity index (χ4v) is 4.77. The van der Waals surface area contributed by atoms with E-state index in [1.54, 1.807) is 0 Å². The lowest BCUT2D eigenvalue weighted by molar-refractivity contribution is 0.172. The number of hydrogen-bond donors (Lipinski definition) is 1. The smallest absolute Gasteiger partial charge is 0.391 e. The number of benzene rings is 2. The second-order valence-electron chi connectivity index (χ2n) is 4.85. The Morgan fingerprint density at radius 2 is 1.79 bits per heavy atom. The summed E-state index contributed by atoms with van der Waals surface area (Å²) in [5.41, 5.74) is -1.80. The average Bonchev–Trinajstić information content (AvgIpc) is 2.59. The van der Waals surface area contributed by atoms with Gasteiger partial charge in [-0.3, -0.25) is 5.41 Å². The highest BCUT2D eigenvalue weighted by Crippen LogP contribution is 2.47. The van der Waals surface area contributed by atoms with E-state index in [2.05, 4.69) is 31.9 Å². The first-order chi connectivity index (χ1) is 11.1. The minimum absolute atomic E-state index is 0.0242. The second kappa shape index (κ2) is 5.57. The molecular weight excluding hydrogens is 479 g/mol. The molecule has 0 atom stereocenters. The third-order valence-corrected chi connectivity index (χ3v) is 6.34. The van der Waals surface area contributed by atoms with Crippen LogP contribution < -0.4 is 4.74 Å². The summed E-state index contributed by atoms with van der Waals surface area (Å²) in [6.07, 6.45) is 0. The molecule has 0 saturated heterocycles. The number of halogens is 5. The van der Waals surface area contributed by atoms with Crippen molar-refractivity contribution in [2.75, 3.05) is 0 Å². The first-order valence-electron chi connectivity index (χ1n) is 6.24. The predicted octanol–water partition coefficient (Wildman–Crippen LogP) is 4.89. The zero-order valence-corrected chi connectivity index (χ0v) is 15.4. The van der Waals surface area contributed by atoms with Gasteiger partial charge in [0.05, 0.1) is 9.37 Å². The minimum Gasteiger partial charge on any atom is -0.456 e. The number of hydrogen-bond acceptors (Lipinski definition) is 4. The van der Waals surface area contributed by atoms with Crippen LogP contribution in [-0.4, -0.2) is 19.4 Å². The maximum atomic E-state index is 13.8. The monoisotopic (exact) mass is 483 g/mol. The summed E-state index contributed by atoms with van der Waals surface area (Å²) in [7, 11) is -4.97. The zero-order valence-electron chi connectivity index (χ0n) is 11.4. The average molecular weight is 485 g/mol. The van der Waals surface area contributed by atoms with E-state index >= 15 is 0 Å². The van der Waals surface area contributed by atoms with E-state index in [0.717, 1.165) is 18.2 Å². The Morgan fingerprint density at radius 3 is 2.42 bits per heavy atom. The third kappa shape index (κ3) is 2.47. The van der Waals surface area contributed by atoms with Crippen LogP contribution in [0, 0.1) is 11.2 Å². The molecule has 0 amide bonds. The molecule has 1 aliphatic rings. The Morgan fingerprint density at radius 1 is 1.12 bits per heavy atom. The third-order valence-electron chi connectivity index (χ3n) is 3.30. The molecule has 1 aliphatic heterocycles. The van der Waals surface area contributed by atoms with Crippen LogP contribution in [0.15, 0.2) is 44.2 Å². The molecule has 0 unspecified atom stereocenters. The summed E-state index contributed by atoms with van der Waals surface area (Å²) in [5, 5.41) is 3.18. The fourth-order valence-electron chi connectivity index (χ4n) is 2.21. The SMILES string of the molecule is N=C1c2c(ccc(Oc3cc(F)cc(Br)c3)c2Br)S(=O)(=O)C1(F)F. The topological polar surface area (TPSA) is 67.2 Å². The molecule has 0 fully saturated rings. The van der Waals surface area contributed by atoms with Crippen molar-refractivity contribution in [1.29, 1.82) is 5.41 Å². The molecule has 2 aromatic rings. The highest BCUT2D eigenvalue weighted by molar-refractivity contribution is 9.10. The normalized spacial score (nSPS) is 17.6. The van der Waals surface area contributed by atoms with Crippen LogP contribution in [0.1, 0.15) is 5.56 Å². The number of alkyl halides is 2. The molecule has 0 aliphatic carbocycles. The van der Waals surface area contributed by atoms with Gasteiger partial charge < -0.3 is 4.74 Å². The van der Waals surface area contributed by atoms with Crippen molar-refractivity contribution in [3.8, 4) is 11.5 Å². The summed E-state index contributed by atoms with van der Waals surface area (Å²) in [5.74, 6) is -0.538. The van der Waals surface area contributed by atoms with Gasteiger partial charge in [-0.15, -0.1) is 0 Å². The summed E-state index contributed by atoms with van der Waals surface area (Å²) in [4.78, 5) is -0.655. The van der Waals surface area contributed by atoms with Crippen molar-refractivity contribution in [2.24, 2.45) is 0 Å². The summed E-state index contributed by atoms with van der Waals surface area (Å²) >= 11 is 6.09. The fraction of sp³-hybridized carbons (Fsp3) is 0.0714. The van der Waals surface area contributed by atoms with Gasteiger partial charge in [0.15, 0.2) is 0 Å². The van der Waals surface area contributed by atoms with Gasteiger partial charge in [0.1, 0.15) is 23.0 Å². The quantitative estimate of drug-likeness (QED) is 0.659. The Bertz CT molecular complexity index is 973. The van der Waals surface area contributed by atoms with Gasteiger partial charge in [-0.1, -0.05) is 15.9 Å². The Labute approximate surface area is 151 Å². The molecule has 1 N–H and O–H groups in total. The van der Waals surface area contributed by atoms with Crippen molar-refractivity contribution in [3.05, 3.63) is 50.7 Å². The van der Waals surface area contributed by atoms with Gasteiger partial charge in [0.25, 0.3) is 0 Å². The highest BCUT2D eigenvalue weighted by atomic mass is 79.9. The molecule has 24 heavy (non-hydrogen) atoms. The van der Waals surface area contributed by atoms with Gasteiger partial charge in [-0.25, -0.2) is 12.8 Å². The molecular formula is C14H6Br2F3NO3S. The molecule has 0 aromatic heterocycles. The van der Waals surface area contributed by atoms with Crippen LogP contribution >= 0.6 is 31.9 Å². The molecule has 1 heterocycles. The molecule has 0 spiro atoms. The van der Waals surface area contributed by atoms with Gasteiger partial charge in [-0.05, 0) is 40.2 Å². The van der Waals surface area contributed by atoms with E-state index in [0.29, 0.717) is 4.47 Å². The van der Waals surface area contributed by atoms with E-state index in [9.17, 15) is 21.6 Å². The number of rotatable bonds is 2. The second-order valence-corrected chi connectivity index (χ2v) is 8.52. The van der Waals surface area contributed by atoms with E-state index in [1.807, 2.05) is 0 Å². The predicted molar refractivity (Wildman–Crippen MR) is 87.3 cm³/mol. The number of sulfone groups is 1. The minimum atomic E-state index is -4.97. The molecule has 0 radical (unpaired) electrons. The maximum Gasteiger partial charge on any atom is 0.391 e. The molecule has 3 rings (SSSR count). The zero-order chi connectivity index (χ0) is 17.9. The number of nitrogens with one attached hydrogen (secondary N) is 1. The van der Waals surface area contributed by atoms with Crippen molar-refractivity contribution in [1.82, 2.24) is 0 Å². The molecule has 10 heteroatoms. The summed E-state index contributed by atoms with van der Waals surface area (Å²) < 4.78 is 70.4. The van der Waals surface area contributed by atoms with Gasteiger partial charge in [0.2, 0.25) is 9.84 Å². The lowest BCUT2D eigenvalue weighted by atomic mass is 10.1. The Hall–Kier alpha value is -1.39. The molecule has 0 bridgehead atoms. The Kier molecular flexibility index (Phi) is 4.04. The van der Waals surface area contributed by atoms with Gasteiger partial charge in [-0.2, -0.15) is 8.78 Å². The van der Waals surface area contributed by atoms with Crippen LogP contribution in [0.5, 0.6) is 11.5 Å². The van der Waals surface area contributed by atoms with Crippen LogP contribution in [0.2, 0.25) is 0 Å². The van der Waals surface area contributed by atoms with Crippen molar-refractivity contribution >= 4 is 47.4 Å². The first-order valence-corrected chi connectivity index (χ1v) is 9.31. The van der Waals surface area contributed by atoms with E-state index in [1.165, 1.54) is 12.1 Å². The van der Waals surface area contributed by atoms with Crippen LogP contribution in [0.4, 0.5) is 13.2 Å². The first kappa shape index (κ1) is 17.4. The lowest BCUT2D eigenvalue weighted by Crippen LogP contribution is -2.30. The van der Waals surface area contributed by atoms with Crippen molar-refractivity contribution in [2.45, 2.75) is 10.2 Å². The Balaban J connectivity index is 2.13. The highest BCUT2D eigenvalue weighted by Gasteiger charge is 2.59. The van der Waals surface area contributed by atoms with E-state index in [4.69, 9.17) is 10.1 Å². The maximum absolute atomic E-state index is 13.8. The largest absolute Gasteiger partial charge is 0.456 e. The van der Waals surface area contributed by atoms with Crippen LogP contribution in [-0.2, 0) is 9.84 Å². The molecule has 4 nitrogen and oxygen atoms in total. The van der Waals surface area contributed by atoms with Gasteiger partial charge in [0, 0.05) is 16.1 Å². The van der Waals surface area contributed by atoms with Gasteiger partial charge >= 0.3 is 5.25 Å². The van der Waals surface area contributed by atoms with Crippen molar-refractivity contribution in [3.63, 3.8) is 0 Å². The van der Waals surface area contributed by atoms with Crippen LogP contribution in [0.3, 0.4) is 0 Å². The summed E-state index contributed by atoms with van der Waals surface area (Å²) in [6, 6.07) is 5.82. The lowest BCUT2D eigenvalue weighted by Gasteiger charge is -2.11. The number of ether oxygens (including phenoxy) is 1. The van der Waals surface area contributed by atoms with E-state index in [-0.39, 0.29) is 16.0 Å².